The average molecular weight is 219 g/mol. The second-order valence-electron chi connectivity index (χ2n) is 4.34. The number of aryl methyl sites for hydroxylation is 2. The fraction of sp³-hybridized carbons (Fsp3) is 0.500. The molecular formula is C12H17N3O. The number of aliphatic hydroxyl groups is 1. The summed E-state index contributed by atoms with van der Waals surface area (Å²) in [5.74, 6) is 0.915. The van der Waals surface area contributed by atoms with Gasteiger partial charge in [-0.3, -0.25) is 0 Å². The predicted molar refractivity (Wildman–Crippen MR) is 63.0 cm³/mol. The lowest BCUT2D eigenvalue weighted by molar-refractivity contribution is 0.249. The summed E-state index contributed by atoms with van der Waals surface area (Å²) in [6, 6.07) is 0. The first-order valence-electron chi connectivity index (χ1n) is 5.51. The Hall–Kier alpha value is -1.42. The molecule has 0 saturated heterocycles. The standard InChI is InChI=1S/C12H17N3O/c1-7-11(8(2)15-12(13)14-7)10-4-3-9(5-10)6-16/h3-4,9-10,16H,5-6H2,1-2H3,(H2,13,14,15). The Morgan fingerprint density at radius 1 is 1.31 bits per heavy atom. The van der Waals surface area contributed by atoms with Crippen LogP contribution >= 0.6 is 0 Å². The van der Waals surface area contributed by atoms with Gasteiger partial charge in [0.1, 0.15) is 0 Å². The molecule has 4 nitrogen and oxygen atoms in total. The minimum Gasteiger partial charge on any atom is -0.396 e. The van der Waals surface area contributed by atoms with Crippen molar-refractivity contribution in [2.45, 2.75) is 26.2 Å². The highest BCUT2D eigenvalue weighted by Crippen LogP contribution is 2.34. The van der Waals surface area contributed by atoms with Gasteiger partial charge in [0.2, 0.25) is 5.95 Å². The molecular weight excluding hydrogens is 202 g/mol. The first-order valence-corrected chi connectivity index (χ1v) is 5.51. The molecule has 1 aromatic heterocycles. The summed E-state index contributed by atoms with van der Waals surface area (Å²) >= 11 is 0. The lowest BCUT2D eigenvalue weighted by atomic mass is 9.93. The van der Waals surface area contributed by atoms with Gasteiger partial charge in [-0.05, 0) is 20.3 Å². The summed E-state index contributed by atoms with van der Waals surface area (Å²) in [5, 5.41) is 9.11. The van der Waals surface area contributed by atoms with Crippen LogP contribution in [0.2, 0.25) is 0 Å². The molecule has 0 fully saturated rings. The van der Waals surface area contributed by atoms with E-state index in [4.69, 9.17) is 10.8 Å². The van der Waals surface area contributed by atoms with E-state index in [1.807, 2.05) is 13.8 Å². The van der Waals surface area contributed by atoms with Crippen LogP contribution in [0, 0.1) is 19.8 Å². The number of aliphatic hydroxyl groups excluding tert-OH is 1. The lowest BCUT2D eigenvalue weighted by Gasteiger charge is -2.15. The van der Waals surface area contributed by atoms with E-state index in [1.165, 1.54) is 0 Å². The molecule has 4 heteroatoms. The molecule has 2 unspecified atom stereocenters. The van der Waals surface area contributed by atoms with Crippen LogP contribution in [-0.4, -0.2) is 21.7 Å². The van der Waals surface area contributed by atoms with Gasteiger partial charge in [-0.1, -0.05) is 12.2 Å². The van der Waals surface area contributed by atoms with E-state index in [2.05, 4.69) is 22.1 Å². The van der Waals surface area contributed by atoms with E-state index in [0.717, 1.165) is 23.4 Å². The molecule has 1 heterocycles. The number of nitrogens with two attached hydrogens (primary N) is 1. The van der Waals surface area contributed by atoms with E-state index in [9.17, 15) is 0 Å². The smallest absolute Gasteiger partial charge is 0.220 e. The first kappa shape index (κ1) is 11.1. The molecule has 2 atom stereocenters. The topological polar surface area (TPSA) is 72.0 Å². The van der Waals surface area contributed by atoms with Crippen LogP contribution in [0.3, 0.4) is 0 Å². The highest BCUT2D eigenvalue weighted by atomic mass is 16.3. The van der Waals surface area contributed by atoms with Crippen molar-refractivity contribution in [3.63, 3.8) is 0 Å². The highest BCUT2D eigenvalue weighted by molar-refractivity contribution is 5.37. The van der Waals surface area contributed by atoms with Crippen molar-refractivity contribution in [1.29, 1.82) is 0 Å². The molecule has 16 heavy (non-hydrogen) atoms. The Morgan fingerprint density at radius 3 is 2.44 bits per heavy atom. The van der Waals surface area contributed by atoms with Crippen LogP contribution < -0.4 is 5.73 Å². The lowest BCUT2D eigenvalue weighted by Crippen LogP contribution is -2.09. The van der Waals surface area contributed by atoms with Crippen molar-refractivity contribution in [2.24, 2.45) is 5.92 Å². The molecule has 86 valence electrons. The van der Waals surface area contributed by atoms with Gasteiger partial charge in [0.25, 0.3) is 0 Å². The normalized spacial score (nSPS) is 23.9. The van der Waals surface area contributed by atoms with Crippen molar-refractivity contribution in [2.75, 3.05) is 12.3 Å². The van der Waals surface area contributed by atoms with E-state index in [-0.39, 0.29) is 12.5 Å². The number of aromatic nitrogens is 2. The third kappa shape index (κ3) is 1.93. The van der Waals surface area contributed by atoms with E-state index >= 15 is 0 Å². The Labute approximate surface area is 95.2 Å². The zero-order valence-electron chi connectivity index (χ0n) is 9.64. The van der Waals surface area contributed by atoms with Crippen LogP contribution in [0.1, 0.15) is 29.3 Å². The molecule has 3 N–H and O–H groups in total. The van der Waals surface area contributed by atoms with Gasteiger partial charge < -0.3 is 10.8 Å². The minimum atomic E-state index is 0.209. The number of allylic oxidation sites excluding steroid dienone is 1. The summed E-state index contributed by atoms with van der Waals surface area (Å²) in [5.41, 5.74) is 8.64. The SMILES string of the molecule is Cc1nc(N)nc(C)c1C1C=CC(CO)C1. The number of anilines is 1. The quantitative estimate of drug-likeness (QED) is 0.736. The maximum Gasteiger partial charge on any atom is 0.220 e. The van der Waals surface area contributed by atoms with Gasteiger partial charge in [0.15, 0.2) is 0 Å². The van der Waals surface area contributed by atoms with E-state index in [1.54, 1.807) is 0 Å². The molecule has 1 aliphatic rings. The zero-order valence-corrected chi connectivity index (χ0v) is 9.64. The largest absolute Gasteiger partial charge is 0.396 e. The molecule has 1 aliphatic carbocycles. The maximum atomic E-state index is 9.11. The van der Waals surface area contributed by atoms with Crippen LogP contribution in [-0.2, 0) is 0 Å². The third-order valence-electron chi connectivity index (χ3n) is 3.12. The Balaban J connectivity index is 2.32. The molecule has 1 aromatic rings. The van der Waals surface area contributed by atoms with Gasteiger partial charge in [-0.25, -0.2) is 9.97 Å². The van der Waals surface area contributed by atoms with Crippen LogP contribution in [0.4, 0.5) is 5.95 Å². The van der Waals surface area contributed by atoms with E-state index < -0.39 is 0 Å². The Kier molecular flexibility index (Phi) is 2.92. The van der Waals surface area contributed by atoms with Crippen molar-refractivity contribution in [3.8, 4) is 0 Å². The molecule has 0 aromatic carbocycles. The maximum absolute atomic E-state index is 9.11. The number of rotatable bonds is 2. The van der Waals surface area contributed by atoms with Gasteiger partial charge in [0, 0.05) is 35.4 Å². The molecule has 0 saturated carbocycles. The summed E-state index contributed by atoms with van der Waals surface area (Å²) in [7, 11) is 0. The molecule has 2 rings (SSSR count). The minimum absolute atomic E-state index is 0.209. The van der Waals surface area contributed by atoms with Crippen molar-refractivity contribution in [1.82, 2.24) is 9.97 Å². The van der Waals surface area contributed by atoms with Gasteiger partial charge in [-0.15, -0.1) is 0 Å². The van der Waals surface area contributed by atoms with Crippen LogP contribution in [0.25, 0.3) is 0 Å². The Bertz CT molecular complexity index is 405. The second-order valence-corrected chi connectivity index (χ2v) is 4.34. The summed E-state index contributed by atoms with van der Waals surface area (Å²) in [6.07, 6.45) is 5.14. The Morgan fingerprint density at radius 2 is 1.94 bits per heavy atom. The molecule has 0 bridgehead atoms. The van der Waals surface area contributed by atoms with Crippen molar-refractivity contribution in [3.05, 3.63) is 29.1 Å². The van der Waals surface area contributed by atoms with Gasteiger partial charge >= 0.3 is 0 Å². The summed E-state index contributed by atoms with van der Waals surface area (Å²) in [6.45, 7) is 4.13. The summed E-state index contributed by atoms with van der Waals surface area (Å²) in [4.78, 5) is 8.40. The van der Waals surface area contributed by atoms with Crippen LogP contribution in [0.15, 0.2) is 12.2 Å². The fourth-order valence-corrected chi connectivity index (χ4v) is 2.41. The monoisotopic (exact) mass is 219 g/mol. The fourth-order valence-electron chi connectivity index (χ4n) is 2.41. The zero-order chi connectivity index (χ0) is 11.7. The number of hydrogen-bond donors (Lipinski definition) is 2. The van der Waals surface area contributed by atoms with Gasteiger partial charge in [-0.2, -0.15) is 0 Å². The highest BCUT2D eigenvalue weighted by Gasteiger charge is 2.23. The number of nitrogen functional groups attached to an aromatic ring is 1. The van der Waals surface area contributed by atoms with Crippen molar-refractivity contribution >= 4 is 5.95 Å². The van der Waals surface area contributed by atoms with Crippen molar-refractivity contribution < 1.29 is 5.11 Å². The average Bonchev–Trinajstić information content (AvgIpc) is 2.64. The molecule has 0 aliphatic heterocycles. The molecule has 0 amide bonds. The second kappa shape index (κ2) is 4.22. The molecule has 0 spiro atoms. The first-order chi connectivity index (χ1) is 7.61. The summed E-state index contributed by atoms with van der Waals surface area (Å²) < 4.78 is 0. The number of nitrogens with zero attached hydrogens (tertiary/aromatic N) is 2. The predicted octanol–water partition coefficient (Wildman–Crippen LogP) is 1.33. The third-order valence-corrected chi connectivity index (χ3v) is 3.12. The van der Waals surface area contributed by atoms with Gasteiger partial charge in [0.05, 0.1) is 0 Å². The number of hydrogen-bond acceptors (Lipinski definition) is 4. The van der Waals surface area contributed by atoms with E-state index in [0.29, 0.717) is 11.9 Å². The molecule has 0 radical (unpaired) electrons. The van der Waals surface area contributed by atoms with Crippen LogP contribution in [0.5, 0.6) is 0 Å².